The van der Waals surface area contributed by atoms with Crippen molar-refractivity contribution >= 4 is 31.9 Å². The van der Waals surface area contributed by atoms with Crippen molar-refractivity contribution in [2.24, 2.45) is 0 Å². The monoisotopic (exact) mass is 464 g/mol. The predicted molar refractivity (Wildman–Crippen MR) is 113 cm³/mol. The molecule has 0 unspecified atom stereocenters. The lowest BCUT2D eigenvalue weighted by molar-refractivity contribution is -0.126. The lowest BCUT2D eigenvalue weighted by Gasteiger charge is -2.28. The smallest absolute Gasteiger partial charge is 0.242 e. The zero-order chi connectivity index (χ0) is 20.4. The number of amides is 1. The number of benzene rings is 2. The number of hydrogen-bond acceptors (Lipinski definition) is 3. The van der Waals surface area contributed by atoms with Crippen LogP contribution in [0.4, 0.5) is 0 Å². The van der Waals surface area contributed by atoms with Gasteiger partial charge < -0.3 is 5.32 Å². The summed E-state index contributed by atoms with van der Waals surface area (Å²) in [6.45, 7) is 0.181. The molecule has 0 spiro atoms. The van der Waals surface area contributed by atoms with Gasteiger partial charge in [-0.2, -0.15) is 0 Å². The van der Waals surface area contributed by atoms with Crippen LogP contribution in [-0.2, 0) is 26.8 Å². The second-order valence-electron chi connectivity index (χ2n) is 7.37. The highest BCUT2D eigenvalue weighted by molar-refractivity contribution is 9.10. The molecule has 1 saturated carbocycles. The normalized spacial score (nSPS) is 16.3. The number of rotatable bonds is 6. The summed E-state index contributed by atoms with van der Waals surface area (Å²) in [6.07, 6.45) is 3.63. The van der Waals surface area contributed by atoms with E-state index in [0.717, 1.165) is 35.7 Å². The van der Waals surface area contributed by atoms with Gasteiger partial charge in [-0.1, -0.05) is 59.1 Å². The molecule has 7 heteroatoms. The summed E-state index contributed by atoms with van der Waals surface area (Å²) >= 11 is 3.45. The van der Waals surface area contributed by atoms with Crippen LogP contribution in [0, 0.1) is 0 Å². The van der Waals surface area contributed by atoms with E-state index in [2.05, 4.69) is 21.2 Å². The minimum atomic E-state index is -3.57. The molecule has 2 aromatic carbocycles. The van der Waals surface area contributed by atoms with E-state index in [9.17, 15) is 13.2 Å². The topological polar surface area (TPSA) is 66.5 Å². The molecule has 28 heavy (non-hydrogen) atoms. The SMILES string of the molecule is CN(C)S(=O)(=O)c1ccccc1CNC(=O)C1(c2ccc(Br)cc2)CCCC1. The van der Waals surface area contributed by atoms with Crippen LogP contribution in [0.3, 0.4) is 0 Å². The van der Waals surface area contributed by atoms with Crippen molar-refractivity contribution in [2.45, 2.75) is 42.5 Å². The first kappa shape index (κ1) is 21.0. The summed E-state index contributed by atoms with van der Waals surface area (Å²) in [7, 11) is -0.558. The van der Waals surface area contributed by atoms with Gasteiger partial charge in [0.1, 0.15) is 0 Å². The van der Waals surface area contributed by atoms with Gasteiger partial charge in [0.25, 0.3) is 0 Å². The highest BCUT2D eigenvalue weighted by Gasteiger charge is 2.42. The third-order valence-electron chi connectivity index (χ3n) is 5.46. The van der Waals surface area contributed by atoms with Gasteiger partial charge in [0, 0.05) is 25.1 Å². The first-order valence-electron chi connectivity index (χ1n) is 9.32. The van der Waals surface area contributed by atoms with Gasteiger partial charge in [-0.3, -0.25) is 4.79 Å². The van der Waals surface area contributed by atoms with E-state index in [1.165, 1.54) is 18.4 Å². The number of nitrogens with one attached hydrogen (secondary N) is 1. The van der Waals surface area contributed by atoms with Crippen LogP contribution in [0.2, 0.25) is 0 Å². The Morgan fingerprint density at radius 2 is 1.68 bits per heavy atom. The molecule has 1 fully saturated rings. The Balaban J connectivity index is 1.85. The average Bonchev–Trinajstić information content (AvgIpc) is 3.18. The molecule has 0 radical (unpaired) electrons. The number of carbonyl (C=O) groups excluding carboxylic acids is 1. The van der Waals surface area contributed by atoms with Gasteiger partial charge in [0.15, 0.2) is 0 Å². The van der Waals surface area contributed by atoms with Gasteiger partial charge in [-0.15, -0.1) is 0 Å². The maximum atomic E-state index is 13.2. The van der Waals surface area contributed by atoms with Gasteiger partial charge in [0.05, 0.1) is 10.3 Å². The maximum absolute atomic E-state index is 13.2. The number of carbonyl (C=O) groups is 1. The molecule has 1 N–H and O–H groups in total. The van der Waals surface area contributed by atoms with Crippen LogP contribution in [0.15, 0.2) is 57.9 Å². The lowest BCUT2D eigenvalue weighted by atomic mass is 9.78. The molecule has 0 bridgehead atoms. The number of hydrogen-bond donors (Lipinski definition) is 1. The van der Waals surface area contributed by atoms with Crippen LogP contribution in [0.1, 0.15) is 36.8 Å². The van der Waals surface area contributed by atoms with E-state index in [-0.39, 0.29) is 17.3 Å². The molecule has 2 aromatic rings. The Labute approximate surface area is 175 Å². The second kappa shape index (κ2) is 8.35. The van der Waals surface area contributed by atoms with Crippen LogP contribution in [-0.4, -0.2) is 32.7 Å². The van der Waals surface area contributed by atoms with E-state index in [0.29, 0.717) is 5.56 Å². The lowest BCUT2D eigenvalue weighted by Crippen LogP contribution is -2.42. The Bertz CT molecular complexity index is 950. The molecule has 0 aromatic heterocycles. The van der Waals surface area contributed by atoms with Crippen molar-refractivity contribution in [3.05, 3.63) is 64.1 Å². The van der Waals surface area contributed by atoms with Crippen molar-refractivity contribution in [1.82, 2.24) is 9.62 Å². The van der Waals surface area contributed by atoms with E-state index in [1.54, 1.807) is 24.3 Å². The Morgan fingerprint density at radius 3 is 2.29 bits per heavy atom. The number of halogens is 1. The molecule has 3 rings (SSSR count). The summed E-state index contributed by atoms with van der Waals surface area (Å²) < 4.78 is 27.3. The minimum absolute atomic E-state index is 0.0376. The molecule has 0 atom stereocenters. The van der Waals surface area contributed by atoms with Crippen molar-refractivity contribution in [3.63, 3.8) is 0 Å². The van der Waals surface area contributed by atoms with E-state index >= 15 is 0 Å². The average molecular weight is 465 g/mol. The predicted octanol–water partition coefficient (Wildman–Crippen LogP) is 3.83. The van der Waals surface area contributed by atoms with Gasteiger partial charge >= 0.3 is 0 Å². The fraction of sp³-hybridized carbons (Fsp3) is 0.381. The van der Waals surface area contributed by atoms with Crippen LogP contribution < -0.4 is 5.32 Å². The Morgan fingerprint density at radius 1 is 1.07 bits per heavy atom. The molecule has 0 heterocycles. The molecule has 1 amide bonds. The molecule has 0 saturated heterocycles. The first-order valence-corrected chi connectivity index (χ1v) is 11.6. The highest BCUT2D eigenvalue weighted by Crippen LogP contribution is 2.41. The molecule has 150 valence electrons. The zero-order valence-electron chi connectivity index (χ0n) is 16.1. The summed E-state index contributed by atoms with van der Waals surface area (Å²) in [5, 5.41) is 3.01. The van der Waals surface area contributed by atoms with E-state index in [4.69, 9.17) is 0 Å². The first-order chi connectivity index (χ1) is 13.3. The maximum Gasteiger partial charge on any atom is 0.242 e. The number of sulfonamides is 1. The largest absolute Gasteiger partial charge is 0.351 e. The fourth-order valence-corrected chi connectivity index (χ4v) is 5.22. The third-order valence-corrected chi connectivity index (χ3v) is 7.90. The zero-order valence-corrected chi connectivity index (χ0v) is 18.5. The standard InChI is InChI=1S/C21H25BrN2O3S/c1-24(2)28(26,27)19-8-4-3-7-16(19)15-23-20(25)21(13-5-6-14-21)17-9-11-18(22)12-10-17/h3-4,7-12H,5-6,13-15H2,1-2H3,(H,23,25). The van der Waals surface area contributed by atoms with E-state index < -0.39 is 15.4 Å². The second-order valence-corrected chi connectivity index (χ2v) is 10.4. The summed E-state index contributed by atoms with van der Waals surface area (Å²) in [5.41, 5.74) is 1.06. The highest BCUT2D eigenvalue weighted by atomic mass is 79.9. The van der Waals surface area contributed by atoms with Crippen molar-refractivity contribution in [1.29, 1.82) is 0 Å². The summed E-state index contributed by atoms with van der Waals surface area (Å²) in [6, 6.07) is 14.7. The van der Waals surface area contributed by atoms with Gasteiger partial charge in [0.2, 0.25) is 15.9 Å². The quantitative estimate of drug-likeness (QED) is 0.706. The van der Waals surface area contributed by atoms with E-state index in [1.807, 2.05) is 24.3 Å². The van der Waals surface area contributed by atoms with Gasteiger partial charge in [-0.25, -0.2) is 12.7 Å². The molecule has 1 aliphatic rings. The van der Waals surface area contributed by atoms with Crippen molar-refractivity contribution < 1.29 is 13.2 Å². The van der Waals surface area contributed by atoms with Crippen LogP contribution >= 0.6 is 15.9 Å². The summed E-state index contributed by atoms with van der Waals surface area (Å²) in [5.74, 6) is -0.0376. The fourth-order valence-electron chi connectivity index (χ4n) is 3.84. The minimum Gasteiger partial charge on any atom is -0.351 e. The van der Waals surface area contributed by atoms with Crippen LogP contribution in [0.5, 0.6) is 0 Å². The Hall–Kier alpha value is -1.70. The molecular formula is C21H25BrN2O3S. The molecule has 0 aliphatic heterocycles. The van der Waals surface area contributed by atoms with Crippen LogP contribution in [0.25, 0.3) is 0 Å². The number of nitrogens with zero attached hydrogens (tertiary/aromatic N) is 1. The third kappa shape index (κ3) is 4.02. The molecular weight excluding hydrogens is 440 g/mol. The molecule has 1 aliphatic carbocycles. The molecule has 5 nitrogen and oxygen atoms in total. The van der Waals surface area contributed by atoms with Gasteiger partial charge in [-0.05, 0) is 42.2 Å². The van der Waals surface area contributed by atoms with Crippen molar-refractivity contribution in [2.75, 3.05) is 14.1 Å². The Kier molecular flexibility index (Phi) is 6.27. The summed E-state index contributed by atoms with van der Waals surface area (Å²) in [4.78, 5) is 13.5. The van der Waals surface area contributed by atoms with Crippen molar-refractivity contribution in [3.8, 4) is 0 Å².